The van der Waals surface area contributed by atoms with Gasteiger partial charge in [0.15, 0.2) is 0 Å². The van der Waals surface area contributed by atoms with Gasteiger partial charge in [0.05, 0.1) is 4.90 Å². The van der Waals surface area contributed by atoms with Gasteiger partial charge in [0.25, 0.3) is 0 Å². The Kier molecular flexibility index (Phi) is 5.10. The summed E-state index contributed by atoms with van der Waals surface area (Å²) in [5.41, 5.74) is 3.98. The molecule has 4 rings (SSSR count). The lowest BCUT2D eigenvalue weighted by Crippen LogP contribution is -2.41. The number of benzene rings is 2. The summed E-state index contributed by atoms with van der Waals surface area (Å²) in [6.45, 7) is 9.54. The van der Waals surface area contributed by atoms with Crippen LogP contribution >= 0.6 is 0 Å². The molecule has 0 amide bonds. The molecule has 2 aromatic rings. The molecule has 0 saturated carbocycles. The molecule has 0 aliphatic carbocycles. The van der Waals surface area contributed by atoms with E-state index in [-0.39, 0.29) is 5.41 Å². The lowest BCUT2D eigenvalue weighted by Gasteiger charge is -2.33. The largest absolute Gasteiger partial charge is 0.294 e. The van der Waals surface area contributed by atoms with E-state index >= 15 is 0 Å². The van der Waals surface area contributed by atoms with Crippen LogP contribution in [0.15, 0.2) is 53.4 Å². The van der Waals surface area contributed by atoms with Gasteiger partial charge in [0, 0.05) is 32.2 Å². The molecular formula is C23H30N2O2S. The van der Waals surface area contributed by atoms with Crippen molar-refractivity contribution in [3.8, 4) is 0 Å². The monoisotopic (exact) mass is 398 g/mol. The zero-order valence-corrected chi connectivity index (χ0v) is 17.9. The fraction of sp³-hybridized carbons (Fsp3) is 0.478. The molecule has 0 spiro atoms. The summed E-state index contributed by atoms with van der Waals surface area (Å²) in [7, 11) is -3.43. The second kappa shape index (κ2) is 7.29. The van der Waals surface area contributed by atoms with Crippen LogP contribution in [0.25, 0.3) is 0 Å². The molecule has 150 valence electrons. The van der Waals surface area contributed by atoms with E-state index in [1.54, 1.807) is 16.4 Å². The molecule has 1 fully saturated rings. The first-order chi connectivity index (χ1) is 13.2. The highest BCUT2D eigenvalue weighted by atomic mass is 32.2. The van der Waals surface area contributed by atoms with Crippen LogP contribution < -0.4 is 0 Å². The van der Waals surface area contributed by atoms with Crippen molar-refractivity contribution in [2.45, 2.75) is 56.5 Å². The Bertz CT molecular complexity index is 945. The van der Waals surface area contributed by atoms with Crippen molar-refractivity contribution in [3.05, 3.63) is 65.2 Å². The van der Waals surface area contributed by atoms with E-state index in [2.05, 4.69) is 49.9 Å². The number of fused-ring (bicyclic) bond motifs is 1. The fourth-order valence-corrected chi connectivity index (χ4v) is 5.82. The van der Waals surface area contributed by atoms with Crippen LogP contribution in [0.2, 0.25) is 0 Å². The topological polar surface area (TPSA) is 40.6 Å². The van der Waals surface area contributed by atoms with Crippen molar-refractivity contribution in [1.29, 1.82) is 0 Å². The maximum Gasteiger partial charge on any atom is 0.243 e. The van der Waals surface area contributed by atoms with E-state index in [0.717, 1.165) is 31.5 Å². The maximum atomic E-state index is 13.1. The van der Waals surface area contributed by atoms with Crippen molar-refractivity contribution in [3.63, 3.8) is 0 Å². The van der Waals surface area contributed by atoms with Crippen molar-refractivity contribution >= 4 is 10.0 Å². The predicted octanol–water partition coefficient (Wildman–Crippen LogP) is 3.81. The summed E-state index contributed by atoms with van der Waals surface area (Å²) in [5, 5.41) is 0. The maximum absolute atomic E-state index is 13.1. The van der Waals surface area contributed by atoms with Crippen LogP contribution in [-0.4, -0.2) is 43.3 Å². The molecule has 0 radical (unpaired) electrons. The molecule has 1 unspecified atom stereocenters. The first-order valence-electron chi connectivity index (χ1n) is 10.2. The third kappa shape index (κ3) is 3.76. The van der Waals surface area contributed by atoms with Crippen molar-refractivity contribution in [2.24, 2.45) is 0 Å². The predicted molar refractivity (Wildman–Crippen MR) is 113 cm³/mol. The van der Waals surface area contributed by atoms with Crippen LogP contribution in [0.3, 0.4) is 0 Å². The van der Waals surface area contributed by atoms with Crippen LogP contribution in [0.1, 0.15) is 43.9 Å². The number of rotatable bonds is 3. The third-order valence-electron chi connectivity index (χ3n) is 6.16. The minimum absolute atomic E-state index is 0.0194. The van der Waals surface area contributed by atoms with E-state index in [4.69, 9.17) is 0 Å². The number of hydrogen-bond donors (Lipinski definition) is 0. The Balaban J connectivity index is 1.46. The Morgan fingerprint density at radius 2 is 1.61 bits per heavy atom. The number of nitrogens with zero attached hydrogens (tertiary/aromatic N) is 2. The average Bonchev–Trinajstić information content (AvgIpc) is 3.18. The van der Waals surface area contributed by atoms with Crippen LogP contribution in [0.5, 0.6) is 0 Å². The average molecular weight is 399 g/mol. The zero-order valence-electron chi connectivity index (χ0n) is 17.1. The zero-order chi connectivity index (χ0) is 19.9. The molecule has 0 bridgehead atoms. The Labute approximate surface area is 169 Å². The summed E-state index contributed by atoms with van der Waals surface area (Å²) in [6.07, 6.45) is 1.95. The number of hydrogen-bond acceptors (Lipinski definition) is 3. The van der Waals surface area contributed by atoms with Crippen LogP contribution in [0, 0.1) is 0 Å². The van der Waals surface area contributed by atoms with Gasteiger partial charge in [0.1, 0.15) is 0 Å². The Hall–Kier alpha value is -1.69. The molecule has 5 heteroatoms. The lowest BCUT2D eigenvalue weighted by molar-refractivity contribution is 0.185. The molecule has 1 atom stereocenters. The van der Waals surface area contributed by atoms with Gasteiger partial charge in [-0.1, -0.05) is 57.2 Å². The summed E-state index contributed by atoms with van der Waals surface area (Å²) >= 11 is 0. The third-order valence-corrected chi connectivity index (χ3v) is 8.04. The van der Waals surface area contributed by atoms with Crippen molar-refractivity contribution in [1.82, 2.24) is 9.21 Å². The molecule has 1 saturated heterocycles. The first-order valence-corrected chi connectivity index (χ1v) is 11.6. The smallest absolute Gasteiger partial charge is 0.243 e. The highest BCUT2D eigenvalue weighted by molar-refractivity contribution is 7.89. The van der Waals surface area contributed by atoms with E-state index < -0.39 is 10.0 Å². The SMILES string of the molecule is CC(C)(C)c1ccc(S(=O)(=O)N2CCC(N3CCc4ccccc4C3)C2)cc1. The molecular weight excluding hydrogens is 368 g/mol. The standard InChI is InChI=1S/C23H30N2O2S/c1-23(2,3)20-8-10-22(11-9-20)28(26,27)25-15-13-21(17-25)24-14-12-18-6-4-5-7-19(18)16-24/h4-11,21H,12-17H2,1-3H3. The molecule has 0 aromatic heterocycles. The van der Waals surface area contributed by atoms with Gasteiger partial charge in [-0.2, -0.15) is 4.31 Å². The summed E-state index contributed by atoms with van der Waals surface area (Å²) in [6, 6.07) is 16.3. The first kappa shape index (κ1) is 19.6. The summed E-state index contributed by atoms with van der Waals surface area (Å²) in [5.74, 6) is 0. The van der Waals surface area contributed by atoms with Gasteiger partial charge >= 0.3 is 0 Å². The van der Waals surface area contributed by atoms with Gasteiger partial charge in [-0.05, 0) is 47.1 Å². The summed E-state index contributed by atoms with van der Waals surface area (Å²) < 4.78 is 27.9. The van der Waals surface area contributed by atoms with Crippen molar-refractivity contribution < 1.29 is 8.42 Å². The summed E-state index contributed by atoms with van der Waals surface area (Å²) in [4.78, 5) is 2.87. The highest BCUT2D eigenvalue weighted by Crippen LogP contribution is 2.29. The molecule has 4 nitrogen and oxygen atoms in total. The minimum atomic E-state index is -3.43. The number of sulfonamides is 1. The Morgan fingerprint density at radius 1 is 0.929 bits per heavy atom. The lowest BCUT2D eigenvalue weighted by atomic mass is 9.87. The van der Waals surface area contributed by atoms with E-state index in [0.29, 0.717) is 24.0 Å². The van der Waals surface area contributed by atoms with Crippen molar-refractivity contribution in [2.75, 3.05) is 19.6 Å². The molecule has 2 aromatic carbocycles. The normalized spacial score (nSPS) is 21.6. The quantitative estimate of drug-likeness (QED) is 0.789. The second-order valence-corrected chi connectivity index (χ2v) is 11.0. The van der Waals surface area contributed by atoms with Crippen LogP contribution in [-0.2, 0) is 28.4 Å². The molecule has 28 heavy (non-hydrogen) atoms. The molecule has 0 N–H and O–H groups in total. The van der Waals surface area contributed by atoms with Gasteiger partial charge in [-0.25, -0.2) is 8.42 Å². The molecule has 2 aliphatic rings. The Morgan fingerprint density at radius 3 is 2.29 bits per heavy atom. The van der Waals surface area contributed by atoms with Gasteiger partial charge < -0.3 is 0 Å². The van der Waals surface area contributed by atoms with E-state index in [1.807, 2.05) is 12.1 Å². The van der Waals surface area contributed by atoms with Gasteiger partial charge in [0.2, 0.25) is 10.0 Å². The van der Waals surface area contributed by atoms with E-state index in [1.165, 1.54) is 11.1 Å². The highest BCUT2D eigenvalue weighted by Gasteiger charge is 2.36. The fourth-order valence-electron chi connectivity index (χ4n) is 4.33. The molecule has 2 heterocycles. The molecule has 2 aliphatic heterocycles. The van der Waals surface area contributed by atoms with Crippen LogP contribution in [0.4, 0.5) is 0 Å². The van der Waals surface area contributed by atoms with Gasteiger partial charge in [-0.15, -0.1) is 0 Å². The van der Waals surface area contributed by atoms with E-state index in [9.17, 15) is 8.42 Å². The second-order valence-electron chi connectivity index (χ2n) is 9.07. The van der Waals surface area contributed by atoms with Gasteiger partial charge in [-0.3, -0.25) is 4.90 Å². The minimum Gasteiger partial charge on any atom is -0.294 e.